The molecule has 0 saturated carbocycles. The summed E-state index contributed by atoms with van der Waals surface area (Å²) < 4.78 is 1.80. The summed E-state index contributed by atoms with van der Waals surface area (Å²) in [6.45, 7) is 6.78. The first-order valence-corrected chi connectivity index (χ1v) is 10.5. The number of hydrogen-bond acceptors (Lipinski definition) is 4. The van der Waals surface area contributed by atoms with Crippen molar-refractivity contribution in [2.24, 2.45) is 13.0 Å². The molecule has 0 aliphatic carbocycles. The standard InChI is InChI=1S/C22H30N6O/c1-15-22(16(2)27(3)26-15)25-21(29)10-12-28-11-6-7-17(14-28)13-20-23-18-8-4-5-9-19(18)24-20/h4-5,8-9,17H,6-7,10-14H2,1-3H3,(H,23,24)(H,25,29). The van der Waals surface area contributed by atoms with E-state index in [1.807, 2.05) is 39.1 Å². The van der Waals surface area contributed by atoms with Crippen LogP contribution in [0, 0.1) is 19.8 Å². The first kappa shape index (κ1) is 19.6. The van der Waals surface area contributed by atoms with Crippen LogP contribution in [-0.2, 0) is 18.3 Å². The number of imidazole rings is 1. The number of nitrogens with zero attached hydrogens (tertiary/aromatic N) is 4. The van der Waals surface area contributed by atoms with Crippen LogP contribution in [0.4, 0.5) is 5.69 Å². The highest BCUT2D eigenvalue weighted by Crippen LogP contribution is 2.22. The zero-order chi connectivity index (χ0) is 20.4. The highest BCUT2D eigenvalue weighted by molar-refractivity contribution is 5.92. The monoisotopic (exact) mass is 394 g/mol. The summed E-state index contributed by atoms with van der Waals surface area (Å²) >= 11 is 0. The van der Waals surface area contributed by atoms with Crippen molar-refractivity contribution in [3.8, 4) is 0 Å². The maximum Gasteiger partial charge on any atom is 0.225 e. The lowest BCUT2D eigenvalue weighted by molar-refractivity contribution is -0.116. The Bertz CT molecular complexity index is 971. The third kappa shape index (κ3) is 4.50. The van der Waals surface area contributed by atoms with Gasteiger partial charge in [-0.15, -0.1) is 0 Å². The average Bonchev–Trinajstić information content (AvgIpc) is 3.21. The minimum absolute atomic E-state index is 0.0589. The van der Waals surface area contributed by atoms with Crippen LogP contribution < -0.4 is 5.32 Å². The SMILES string of the molecule is Cc1nn(C)c(C)c1NC(=O)CCN1CCCC(Cc2nc3ccccc3[nH]2)C1. The molecule has 1 saturated heterocycles. The predicted molar refractivity (Wildman–Crippen MR) is 115 cm³/mol. The molecule has 1 fully saturated rings. The fourth-order valence-electron chi connectivity index (χ4n) is 4.31. The highest BCUT2D eigenvalue weighted by Gasteiger charge is 2.22. The molecule has 2 aromatic heterocycles. The van der Waals surface area contributed by atoms with E-state index in [4.69, 9.17) is 4.98 Å². The molecule has 3 heterocycles. The van der Waals surface area contributed by atoms with Gasteiger partial charge in [0.25, 0.3) is 0 Å². The highest BCUT2D eigenvalue weighted by atomic mass is 16.1. The number of fused-ring (bicyclic) bond motifs is 1. The lowest BCUT2D eigenvalue weighted by Gasteiger charge is -2.32. The van der Waals surface area contributed by atoms with Crippen LogP contribution in [0.1, 0.15) is 36.5 Å². The number of likely N-dealkylation sites (tertiary alicyclic amines) is 1. The number of carbonyl (C=O) groups is 1. The number of carbonyl (C=O) groups excluding carboxylic acids is 1. The Kier molecular flexibility index (Phi) is 5.67. The van der Waals surface area contributed by atoms with Crippen LogP contribution in [-0.4, -0.2) is 50.2 Å². The van der Waals surface area contributed by atoms with Crippen LogP contribution in [0.15, 0.2) is 24.3 Å². The van der Waals surface area contributed by atoms with Gasteiger partial charge in [-0.2, -0.15) is 5.10 Å². The van der Waals surface area contributed by atoms with Crippen molar-refractivity contribution in [2.45, 2.75) is 39.5 Å². The number of H-pyrrole nitrogens is 1. The number of aromatic amines is 1. The number of anilines is 1. The van der Waals surface area contributed by atoms with Gasteiger partial charge in [0.15, 0.2) is 0 Å². The molecule has 1 aromatic carbocycles. The first-order valence-electron chi connectivity index (χ1n) is 10.5. The summed E-state index contributed by atoms with van der Waals surface area (Å²) in [4.78, 5) is 23.0. The average molecular weight is 395 g/mol. The minimum atomic E-state index is 0.0589. The normalized spacial score (nSPS) is 17.7. The van der Waals surface area contributed by atoms with Crippen molar-refractivity contribution in [3.63, 3.8) is 0 Å². The molecule has 29 heavy (non-hydrogen) atoms. The molecular weight excluding hydrogens is 364 g/mol. The number of para-hydroxylation sites is 2. The zero-order valence-corrected chi connectivity index (χ0v) is 17.5. The van der Waals surface area contributed by atoms with Gasteiger partial charge in [0.2, 0.25) is 5.91 Å². The second-order valence-corrected chi connectivity index (χ2v) is 8.18. The Morgan fingerprint density at radius 2 is 2.14 bits per heavy atom. The Balaban J connectivity index is 1.29. The topological polar surface area (TPSA) is 78.8 Å². The smallest absolute Gasteiger partial charge is 0.225 e. The number of hydrogen-bond donors (Lipinski definition) is 2. The maximum absolute atomic E-state index is 12.5. The molecule has 1 aliphatic heterocycles. The zero-order valence-electron chi connectivity index (χ0n) is 17.5. The van der Waals surface area contributed by atoms with Gasteiger partial charge in [-0.3, -0.25) is 9.48 Å². The molecule has 7 heteroatoms. The van der Waals surface area contributed by atoms with E-state index in [1.165, 1.54) is 12.8 Å². The van der Waals surface area contributed by atoms with Crippen molar-refractivity contribution in [3.05, 3.63) is 41.5 Å². The summed E-state index contributed by atoms with van der Waals surface area (Å²) in [5.41, 5.74) is 4.83. The molecule has 0 spiro atoms. The van der Waals surface area contributed by atoms with Crippen LogP contribution in [0.5, 0.6) is 0 Å². The Hall–Kier alpha value is -2.67. The van der Waals surface area contributed by atoms with E-state index in [9.17, 15) is 4.79 Å². The Morgan fingerprint density at radius 1 is 1.31 bits per heavy atom. The molecule has 4 rings (SSSR count). The van der Waals surface area contributed by atoms with Gasteiger partial charge in [0.1, 0.15) is 5.82 Å². The molecule has 7 nitrogen and oxygen atoms in total. The number of piperidine rings is 1. The molecule has 3 aromatic rings. The molecule has 1 aliphatic rings. The van der Waals surface area contributed by atoms with Gasteiger partial charge in [-0.25, -0.2) is 4.98 Å². The summed E-state index contributed by atoms with van der Waals surface area (Å²) in [5.74, 6) is 1.71. The predicted octanol–water partition coefficient (Wildman–Crippen LogP) is 3.20. The van der Waals surface area contributed by atoms with E-state index in [0.29, 0.717) is 12.3 Å². The van der Waals surface area contributed by atoms with Crippen LogP contribution in [0.25, 0.3) is 11.0 Å². The van der Waals surface area contributed by atoms with Crippen LogP contribution >= 0.6 is 0 Å². The third-order valence-corrected chi connectivity index (χ3v) is 5.95. The molecule has 1 unspecified atom stereocenters. The van der Waals surface area contributed by atoms with Crippen molar-refractivity contribution < 1.29 is 4.79 Å². The second-order valence-electron chi connectivity index (χ2n) is 8.18. The number of rotatable bonds is 6. The van der Waals surface area contributed by atoms with Crippen molar-refractivity contribution in [1.29, 1.82) is 0 Å². The summed E-state index contributed by atoms with van der Waals surface area (Å²) in [5, 5.41) is 7.40. The van der Waals surface area contributed by atoms with Crippen molar-refractivity contribution >= 4 is 22.6 Å². The molecule has 1 amide bonds. The van der Waals surface area contributed by atoms with Crippen LogP contribution in [0.2, 0.25) is 0 Å². The number of nitrogens with one attached hydrogen (secondary N) is 2. The van der Waals surface area contributed by atoms with E-state index in [-0.39, 0.29) is 5.91 Å². The van der Waals surface area contributed by atoms with Gasteiger partial charge in [-0.05, 0) is 51.3 Å². The first-order chi connectivity index (χ1) is 14.0. The van der Waals surface area contributed by atoms with Gasteiger partial charge < -0.3 is 15.2 Å². The van der Waals surface area contributed by atoms with Gasteiger partial charge in [0, 0.05) is 33.0 Å². The van der Waals surface area contributed by atoms with Gasteiger partial charge >= 0.3 is 0 Å². The lowest BCUT2D eigenvalue weighted by Crippen LogP contribution is -2.38. The minimum Gasteiger partial charge on any atom is -0.342 e. The summed E-state index contributed by atoms with van der Waals surface area (Å²) in [7, 11) is 1.90. The van der Waals surface area contributed by atoms with E-state index >= 15 is 0 Å². The molecule has 0 bridgehead atoms. The molecule has 0 radical (unpaired) electrons. The maximum atomic E-state index is 12.5. The largest absolute Gasteiger partial charge is 0.342 e. The fourth-order valence-corrected chi connectivity index (χ4v) is 4.31. The van der Waals surface area contributed by atoms with E-state index in [2.05, 4.69) is 26.4 Å². The molecule has 2 N–H and O–H groups in total. The second kappa shape index (κ2) is 8.37. The lowest BCUT2D eigenvalue weighted by atomic mass is 9.94. The van der Waals surface area contributed by atoms with Crippen LogP contribution in [0.3, 0.4) is 0 Å². The molecule has 154 valence electrons. The van der Waals surface area contributed by atoms with E-state index < -0.39 is 0 Å². The molecular formula is C22H30N6O. The number of benzene rings is 1. The fraction of sp³-hybridized carbons (Fsp3) is 0.500. The molecule has 1 atom stereocenters. The number of aromatic nitrogens is 4. The van der Waals surface area contributed by atoms with Gasteiger partial charge in [-0.1, -0.05) is 12.1 Å². The third-order valence-electron chi connectivity index (χ3n) is 5.95. The number of aryl methyl sites for hydroxylation is 2. The van der Waals surface area contributed by atoms with E-state index in [0.717, 1.165) is 60.0 Å². The summed E-state index contributed by atoms with van der Waals surface area (Å²) in [6.07, 6.45) is 3.86. The Labute approximate surface area is 171 Å². The van der Waals surface area contributed by atoms with Crippen molar-refractivity contribution in [1.82, 2.24) is 24.6 Å². The number of amides is 1. The van der Waals surface area contributed by atoms with Gasteiger partial charge in [0.05, 0.1) is 28.1 Å². The van der Waals surface area contributed by atoms with Crippen molar-refractivity contribution in [2.75, 3.05) is 25.0 Å². The van der Waals surface area contributed by atoms with E-state index in [1.54, 1.807) is 4.68 Å². The summed E-state index contributed by atoms with van der Waals surface area (Å²) in [6, 6.07) is 8.18. The quantitative estimate of drug-likeness (QED) is 0.673. The Morgan fingerprint density at radius 3 is 2.90 bits per heavy atom.